The number of halogens is 3. The molecule has 0 N–H and O–H groups in total. The first-order valence-electron chi connectivity index (χ1n) is 4.06. The number of benzene rings is 1. The molecule has 1 aromatic carbocycles. The van der Waals surface area contributed by atoms with Crippen LogP contribution in [0, 0.1) is 3.57 Å². The summed E-state index contributed by atoms with van der Waals surface area (Å²) in [6, 6.07) is 3.65. The summed E-state index contributed by atoms with van der Waals surface area (Å²) in [7, 11) is 0. The van der Waals surface area contributed by atoms with Gasteiger partial charge in [-0.15, -0.1) is 0 Å². The summed E-state index contributed by atoms with van der Waals surface area (Å²) in [4.78, 5) is 0. The van der Waals surface area contributed by atoms with Crippen LogP contribution in [0.4, 0.5) is 0 Å². The summed E-state index contributed by atoms with van der Waals surface area (Å²) in [5, 5.41) is 1.26. The molecule has 1 heterocycles. The molecule has 2 nitrogen and oxygen atoms in total. The zero-order valence-corrected chi connectivity index (χ0v) is 10.8. The Hall–Kier alpha value is 0.450. The number of hydrogen-bond acceptors (Lipinski definition) is 2. The van der Waals surface area contributed by atoms with Crippen LogP contribution in [0.15, 0.2) is 12.1 Å². The Balaban J connectivity index is 2.34. The third-order valence-electron chi connectivity index (χ3n) is 1.90. The molecule has 0 amide bonds. The molecule has 1 saturated heterocycles. The summed E-state index contributed by atoms with van der Waals surface area (Å²) >= 11 is 14.1. The molecule has 0 spiro atoms. The van der Waals surface area contributed by atoms with Gasteiger partial charge in [-0.25, -0.2) is 0 Å². The van der Waals surface area contributed by atoms with E-state index in [4.69, 9.17) is 32.7 Å². The van der Waals surface area contributed by atoms with E-state index < -0.39 is 0 Å². The van der Waals surface area contributed by atoms with Crippen molar-refractivity contribution < 1.29 is 9.47 Å². The van der Waals surface area contributed by atoms with E-state index in [1.54, 1.807) is 0 Å². The molecule has 5 heteroatoms. The van der Waals surface area contributed by atoms with Gasteiger partial charge in [-0.2, -0.15) is 0 Å². The molecule has 1 aliphatic rings. The summed E-state index contributed by atoms with van der Waals surface area (Å²) in [6.45, 7) is 1.23. The van der Waals surface area contributed by atoms with Gasteiger partial charge in [0.05, 0.1) is 26.8 Å². The second-order valence-corrected chi connectivity index (χ2v) is 4.77. The fourth-order valence-corrected chi connectivity index (χ4v) is 2.08. The molecule has 1 fully saturated rings. The van der Waals surface area contributed by atoms with E-state index in [1.807, 2.05) is 12.1 Å². The molecule has 1 aromatic rings. The highest BCUT2D eigenvalue weighted by Crippen LogP contribution is 2.32. The van der Waals surface area contributed by atoms with Gasteiger partial charge in [-0.1, -0.05) is 23.2 Å². The van der Waals surface area contributed by atoms with Gasteiger partial charge in [-0.3, -0.25) is 0 Å². The Labute approximate surface area is 106 Å². The topological polar surface area (TPSA) is 18.5 Å². The van der Waals surface area contributed by atoms with Gasteiger partial charge < -0.3 is 9.47 Å². The van der Waals surface area contributed by atoms with Crippen molar-refractivity contribution in [1.29, 1.82) is 0 Å². The van der Waals surface area contributed by atoms with Crippen LogP contribution in [0.5, 0.6) is 0 Å². The van der Waals surface area contributed by atoms with Crippen molar-refractivity contribution in [2.24, 2.45) is 0 Å². The molecular formula is C9H7Cl2IO2. The summed E-state index contributed by atoms with van der Waals surface area (Å²) < 4.78 is 11.5. The number of hydrogen-bond donors (Lipinski definition) is 0. The minimum absolute atomic E-state index is 0.318. The third kappa shape index (κ3) is 2.17. The van der Waals surface area contributed by atoms with Gasteiger partial charge in [0.25, 0.3) is 0 Å². The molecule has 0 aliphatic carbocycles. The van der Waals surface area contributed by atoms with E-state index in [0.29, 0.717) is 23.3 Å². The van der Waals surface area contributed by atoms with Gasteiger partial charge in [0.2, 0.25) is 0 Å². The summed E-state index contributed by atoms with van der Waals surface area (Å²) in [5.74, 6) is 0. The van der Waals surface area contributed by atoms with Crippen LogP contribution in [-0.4, -0.2) is 13.2 Å². The van der Waals surface area contributed by atoms with Gasteiger partial charge in [0, 0.05) is 5.56 Å². The monoisotopic (exact) mass is 344 g/mol. The molecule has 14 heavy (non-hydrogen) atoms. The highest BCUT2D eigenvalue weighted by Gasteiger charge is 2.20. The van der Waals surface area contributed by atoms with Crippen LogP contribution in [0.2, 0.25) is 10.0 Å². The average molecular weight is 345 g/mol. The first-order valence-corrected chi connectivity index (χ1v) is 5.89. The quantitative estimate of drug-likeness (QED) is 0.572. The van der Waals surface area contributed by atoms with E-state index in [1.165, 1.54) is 0 Å². The lowest BCUT2D eigenvalue weighted by Gasteiger charge is -2.11. The lowest BCUT2D eigenvalue weighted by Crippen LogP contribution is -1.98. The van der Waals surface area contributed by atoms with Crippen LogP contribution in [-0.2, 0) is 9.47 Å². The molecule has 0 atom stereocenters. The zero-order chi connectivity index (χ0) is 10.1. The van der Waals surface area contributed by atoms with Crippen molar-refractivity contribution in [3.05, 3.63) is 31.3 Å². The maximum atomic E-state index is 5.99. The predicted octanol–water partition coefficient (Wildman–Crippen LogP) is 3.64. The van der Waals surface area contributed by atoms with Gasteiger partial charge >= 0.3 is 0 Å². The Bertz CT molecular complexity index is 328. The van der Waals surface area contributed by atoms with Crippen LogP contribution in [0.1, 0.15) is 11.9 Å². The summed E-state index contributed by atoms with van der Waals surface area (Å²) in [5.41, 5.74) is 0.873. The Morgan fingerprint density at radius 2 is 1.64 bits per heavy atom. The fraction of sp³-hybridized carbons (Fsp3) is 0.333. The Morgan fingerprint density at radius 1 is 1.14 bits per heavy atom. The lowest BCUT2D eigenvalue weighted by atomic mass is 10.2. The van der Waals surface area contributed by atoms with Crippen LogP contribution in [0.3, 0.4) is 0 Å². The predicted molar refractivity (Wildman–Crippen MR) is 63.8 cm³/mol. The van der Waals surface area contributed by atoms with Crippen molar-refractivity contribution >= 4 is 45.8 Å². The maximum absolute atomic E-state index is 5.99. The fourth-order valence-electron chi connectivity index (χ4n) is 1.26. The molecule has 76 valence electrons. The zero-order valence-electron chi connectivity index (χ0n) is 7.10. The van der Waals surface area contributed by atoms with Crippen LogP contribution < -0.4 is 0 Å². The second-order valence-electron chi connectivity index (χ2n) is 2.87. The molecule has 1 aliphatic heterocycles. The van der Waals surface area contributed by atoms with E-state index in [-0.39, 0.29) is 6.29 Å². The van der Waals surface area contributed by atoms with Crippen molar-refractivity contribution in [1.82, 2.24) is 0 Å². The minimum atomic E-state index is -0.318. The van der Waals surface area contributed by atoms with Crippen molar-refractivity contribution in [2.45, 2.75) is 6.29 Å². The Kier molecular flexibility index (Phi) is 3.54. The smallest absolute Gasteiger partial charge is 0.184 e. The number of rotatable bonds is 1. The largest absolute Gasteiger partial charge is 0.346 e. The molecule has 0 saturated carbocycles. The molecule has 0 bridgehead atoms. The standard InChI is InChI=1S/C9H7Cl2IO2/c10-6-3-5(4-7(11)8(6)12)9-13-1-2-14-9/h3-4,9H,1-2H2. The van der Waals surface area contributed by atoms with Gasteiger partial charge in [-0.05, 0) is 34.7 Å². The SMILES string of the molecule is Clc1cc(C2OCCO2)cc(Cl)c1I. The highest BCUT2D eigenvalue weighted by molar-refractivity contribution is 14.1. The normalized spacial score (nSPS) is 17.6. The third-order valence-corrected chi connectivity index (χ3v) is 4.30. The van der Waals surface area contributed by atoms with Crippen LogP contribution in [0.25, 0.3) is 0 Å². The lowest BCUT2D eigenvalue weighted by molar-refractivity contribution is -0.0441. The van der Waals surface area contributed by atoms with Gasteiger partial charge in [0.1, 0.15) is 0 Å². The van der Waals surface area contributed by atoms with Crippen molar-refractivity contribution in [2.75, 3.05) is 13.2 Å². The molecular weight excluding hydrogens is 338 g/mol. The molecule has 0 aromatic heterocycles. The van der Waals surface area contributed by atoms with E-state index in [2.05, 4.69) is 22.6 Å². The molecule has 2 rings (SSSR count). The first kappa shape index (κ1) is 11.0. The average Bonchev–Trinajstić information content (AvgIpc) is 2.66. The van der Waals surface area contributed by atoms with Gasteiger partial charge in [0.15, 0.2) is 6.29 Å². The molecule has 0 unspecified atom stereocenters. The maximum Gasteiger partial charge on any atom is 0.184 e. The first-order chi connectivity index (χ1) is 6.68. The summed E-state index contributed by atoms with van der Waals surface area (Å²) in [6.07, 6.45) is -0.318. The molecule has 0 radical (unpaired) electrons. The minimum Gasteiger partial charge on any atom is -0.346 e. The second kappa shape index (κ2) is 4.53. The van der Waals surface area contributed by atoms with E-state index in [0.717, 1.165) is 9.13 Å². The van der Waals surface area contributed by atoms with E-state index >= 15 is 0 Å². The van der Waals surface area contributed by atoms with E-state index in [9.17, 15) is 0 Å². The van der Waals surface area contributed by atoms with Crippen molar-refractivity contribution in [3.63, 3.8) is 0 Å². The van der Waals surface area contributed by atoms with Crippen molar-refractivity contribution in [3.8, 4) is 0 Å². The Morgan fingerprint density at radius 3 is 2.14 bits per heavy atom. The number of ether oxygens (including phenoxy) is 2. The highest BCUT2D eigenvalue weighted by atomic mass is 127. The van der Waals surface area contributed by atoms with Crippen LogP contribution >= 0.6 is 45.8 Å².